The molecule has 0 atom stereocenters. The standard InChI is InChI=1S/C21H24FN5O3/c1-20(2,3)18-24-17(25-30-18)15-14-10-26(19(28)29-21(4,5)6)16-12(22)8-7-9-13(16)27(14)11-23-15/h7-9,11H,10H2,1-6H3. The van der Waals surface area contributed by atoms with Gasteiger partial charge in [-0.15, -0.1) is 0 Å². The summed E-state index contributed by atoms with van der Waals surface area (Å²) in [5, 5.41) is 4.07. The van der Waals surface area contributed by atoms with Crippen molar-refractivity contribution in [2.75, 3.05) is 4.90 Å². The Balaban J connectivity index is 1.82. The van der Waals surface area contributed by atoms with Crippen LogP contribution in [0.25, 0.3) is 17.2 Å². The molecule has 0 spiro atoms. The quantitative estimate of drug-likeness (QED) is 0.579. The highest BCUT2D eigenvalue weighted by Gasteiger charge is 2.35. The number of halogens is 1. The smallest absolute Gasteiger partial charge is 0.415 e. The highest BCUT2D eigenvalue weighted by atomic mass is 19.1. The largest absolute Gasteiger partial charge is 0.443 e. The number of fused-ring (bicyclic) bond motifs is 3. The average Bonchev–Trinajstić information content (AvgIpc) is 3.26. The van der Waals surface area contributed by atoms with Gasteiger partial charge in [-0.25, -0.2) is 14.2 Å². The topological polar surface area (TPSA) is 86.3 Å². The summed E-state index contributed by atoms with van der Waals surface area (Å²) < 4.78 is 27.4. The van der Waals surface area contributed by atoms with E-state index in [0.29, 0.717) is 28.8 Å². The molecule has 0 bridgehead atoms. The van der Waals surface area contributed by atoms with Crippen LogP contribution in [0.15, 0.2) is 29.0 Å². The Morgan fingerprint density at radius 3 is 2.57 bits per heavy atom. The fourth-order valence-electron chi connectivity index (χ4n) is 3.21. The molecule has 4 rings (SSSR count). The molecule has 1 aromatic carbocycles. The second kappa shape index (κ2) is 6.65. The number of nitrogens with zero attached hydrogens (tertiary/aromatic N) is 5. The first-order chi connectivity index (χ1) is 14.0. The monoisotopic (exact) mass is 413 g/mol. The van der Waals surface area contributed by atoms with Gasteiger partial charge < -0.3 is 9.26 Å². The second-order valence-corrected chi connectivity index (χ2v) is 9.26. The Kier molecular flexibility index (Phi) is 4.44. The number of aromatic nitrogens is 4. The van der Waals surface area contributed by atoms with Crippen LogP contribution in [0.2, 0.25) is 0 Å². The number of rotatable bonds is 1. The highest BCUT2D eigenvalue weighted by molar-refractivity contribution is 5.92. The summed E-state index contributed by atoms with van der Waals surface area (Å²) in [6.07, 6.45) is 0.929. The van der Waals surface area contributed by atoms with E-state index >= 15 is 0 Å². The van der Waals surface area contributed by atoms with Crippen LogP contribution >= 0.6 is 0 Å². The number of ether oxygens (including phenoxy) is 1. The van der Waals surface area contributed by atoms with Crippen molar-refractivity contribution in [2.24, 2.45) is 0 Å². The zero-order chi connectivity index (χ0) is 21.8. The fourth-order valence-corrected chi connectivity index (χ4v) is 3.21. The highest BCUT2D eigenvalue weighted by Crippen LogP contribution is 2.38. The zero-order valence-electron chi connectivity index (χ0n) is 17.9. The molecule has 0 saturated carbocycles. The number of benzene rings is 1. The van der Waals surface area contributed by atoms with Crippen molar-refractivity contribution in [1.82, 2.24) is 19.7 Å². The molecule has 0 N–H and O–H groups in total. The lowest BCUT2D eigenvalue weighted by molar-refractivity contribution is 0.0574. The minimum atomic E-state index is -0.724. The molecule has 1 amide bonds. The summed E-state index contributed by atoms with van der Waals surface area (Å²) in [5.74, 6) is 0.275. The van der Waals surface area contributed by atoms with Gasteiger partial charge in [0.1, 0.15) is 29.1 Å². The molecule has 0 aliphatic carbocycles. The van der Waals surface area contributed by atoms with E-state index in [1.165, 1.54) is 11.0 Å². The summed E-state index contributed by atoms with van der Waals surface area (Å²) in [6.45, 7) is 11.3. The van der Waals surface area contributed by atoms with Gasteiger partial charge in [-0.1, -0.05) is 32.0 Å². The molecule has 0 saturated heterocycles. The van der Waals surface area contributed by atoms with E-state index in [1.807, 2.05) is 20.8 Å². The van der Waals surface area contributed by atoms with Crippen LogP contribution in [0.3, 0.4) is 0 Å². The van der Waals surface area contributed by atoms with E-state index in [2.05, 4.69) is 15.1 Å². The molecule has 1 aliphatic rings. The summed E-state index contributed by atoms with van der Waals surface area (Å²) in [5.41, 5.74) is 0.701. The van der Waals surface area contributed by atoms with Crippen molar-refractivity contribution in [3.8, 4) is 17.2 Å². The van der Waals surface area contributed by atoms with Crippen molar-refractivity contribution >= 4 is 11.8 Å². The number of hydrogen-bond acceptors (Lipinski definition) is 6. The number of carbonyl (C=O) groups excluding carboxylic acids is 1. The average molecular weight is 413 g/mol. The van der Waals surface area contributed by atoms with Crippen molar-refractivity contribution < 1.29 is 18.4 Å². The van der Waals surface area contributed by atoms with Gasteiger partial charge in [0.05, 0.1) is 17.9 Å². The summed E-state index contributed by atoms with van der Waals surface area (Å²) in [7, 11) is 0. The van der Waals surface area contributed by atoms with Crippen LogP contribution in [-0.2, 0) is 16.7 Å². The lowest BCUT2D eigenvalue weighted by Crippen LogP contribution is -2.40. The first-order valence-electron chi connectivity index (χ1n) is 9.66. The van der Waals surface area contributed by atoms with Crippen LogP contribution in [0, 0.1) is 5.82 Å². The number of anilines is 1. The summed E-state index contributed by atoms with van der Waals surface area (Å²) >= 11 is 0. The number of amides is 1. The predicted molar refractivity (Wildman–Crippen MR) is 108 cm³/mol. The van der Waals surface area contributed by atoms with Crippen LogP contribution in [0.1, 0.15) is 53.1 Å². The molecule has 9 heteroatoms. The number of para-hydroxylation sites is 1. The Bertz CT molecular complexity index is 1120. The first kappa shape index (κ1) is 20.1. The maximum Gasteiger partial charge on any atom is 0.415 e. The molecule has 0 unspecified atom stereocenters. The molecule has 3 aromatic rings. The number of hydrogen-bond donors (Lipinski definition) is 0. The van der Waals surface area contributed by atoms with Crippen molar-refractivity contribution in [3.05, 3.63) is 41.9 Å². The third-order valence-corrected chi connectivity index (χ3v) is 4.56. The van der Waals surface area contributed by atoms with E-state index in [0.717, 1.165) is 0 Å². The minimum Gasteiger partial charge on any atom is -0.443 e. The van der Waals surface area contributed by atoms with Gasteiger partial charge in [-0.05, 0) is 32.9 Å². The molecule has 0 radical (unpaired) electrons. The molecular formula is C21H24FN5O3. The molecule has 1 aliphatic heterocycles. The molecule has 8 nitrogen and oxygen atoms in total. The van der Waals surface area contributed by atoms with E-state index in [9.17, 15) is 9.18 Å². The normalized spacial score (nSPS) is 13.8. The Hall–Kier alpha value is -3.23. The van der Waals surface area contributed by atoms with Gasteiger partial charge in [0, 0.05) is 5.41 Å². The van der Waals surface area contributed by atoms with Crippen LogP contribution in [0.5, 0.6) is 0 Å². The first-order valence-corrected chi connectivity index (χ1v) is 9.66. The van der Waals surface area contributed by atoms with E-state index < -0.39 is 17.5 Å². The molecule has 0 fully saturated rings. The van der Waals surface area contributed by atoms with Crippen LogP contribution in [-0.4, -0.2) is 31.4 Å². The molecule has 3 heterocycles. The van der Waals surface area contributed by atoms with Gasteiger partial charge in [-0.3, -0.25) is 9.47 Å². The third-order valence-electron chi connectivity index (χ3n) is 4.56. The summed E-state index contributed by atoms with van der Waals surface area (Å²) in [4.78, 5) is 23.1. The molecular weight excluding hydrogens is 389 g/mol. The predicted octanol–water partition coefficient (Wildman–Crippen LogP) is 4.61. The van der Waals surface area contributed by atoms with Gasteiger partial charge in [0.2, 0.25) is 11.7 Å². The van der Waals surface area contributed by atoms with Crippen molar-refractivity contribution in [2.45, 2.75) is 59.1 Å². The second-order valence-electron chi connectivity index (χ2n) is 9.26. The van der Waals surface area contributed by atoms with E-state index in [4.69, 9.17) is 9.26 Å². The van der Waals surface area contributed by atoms with Crippen LogP contribution in [0.4, 0.5) is 14.9 Å². The van der Waals surface area contributed by atoms with Gasteiger partial charge >= 0.3 is 6.09 Å². The van der Waals surface area contributed by atoms with E-state index in [1.54, 1.807) is 43.8 Å². The van der Waals surface area contributed by atoms with Crippen molar-refractivity contribution in [1.29, 1.82) is 0 Å². The Morgan fingerprint density at radius 1 is 1.20 bits per heavy atom. The van der Waals surface area contributed by atoms with E-state index in [-0.39, 0.29) is 17.6 Å². The lowest BCUT2D eigenvalue weighted by Gasteiger charge is -2.32. The van der Waals surface area contributed by atoms with Gasteiger partial charge in [0.25, 0.3) is 0 Å². The fraction of sp³-hybridized carbons (Fsp3) is 0.429. The molecule has 30 heavy (non-hydrogen) atoms. The van der Waals surface area contributed by atoms with Gasteiger partial charge in [0.15, 0.2) is 0 Å². The number of imidazole rings is 1. The summed E-state index contributed by atoms with van der Waals surface area (Å²) in [6, 6.07) is 4.62. The zero-order valence-corrected chi connectivity index (χ0v) is 17.9. The minimum absolute atomic E-state index is 0.0531. The Morgan fingerprint density at radius 2 is 1.93 bits per heavy atom. The lowest BCUT2D eigenvalue weighted by atomic mass is 9.97. The van der Waals surface area contributed by atoms with Crippen LogP contribution < -0.4 is 4.90 Å². The third kappa shape index (κ3) is 3.44. The number of carbonyl (C=O) groups is 1. The maximum absolute atomic E-state index is 14.8. The van der Waals surface area contributed by atoms with Gasteiger partial charge in [-0.2, -0.15) is 4.98 Å². The Labute approximate surface area is 173 Å². The van der Waals surface area contributed by atoms with Crippen molar-refractivity contribution in [3.63, 3.8) is 0 Å². The SMILES string of the molecule is CC(C)(C)OC(=O)N1Cc2c(-c3noc(C(C)(C)C)n3)ncn2-c2cccc(F)c21. The maximum atomic E-state index is 14.8. The molecule has 2 aromatic heterocycles. The molecule has 158 valence electrons.